The second-order valence-corrected chi connectivity index (χ2v) is 4.07. The zero-order valence-electron chi connectivity index (χ0n) is 11.4. The van der Waals surface area contributed by atoms with Gasteiger partial charge in [-0.25, -0.2) is 0 Å². The molecular weight excluding hydrogens is 244 g/mol. The van der Waals surface area contributed by atoms with Crippen LogP contribution < -0.4 is 5.32 Å². The maximum Gasteiger partial charge on any atom is 0.265 e. The number of nitrogens with zero attached hydrogens (tertiary/aromatic N) is 1. The molecule has 19 heavy (non-hydrogen) atoms. The third-order valence-electron chi connectivity index (χ3n) is 2.58. The van der Waals surface area contributed by atoms with Crippen molar-refractivity contribution in [1.29, 1.82) is 0 Å². The zero-order chi connectivity index (χ0) is 14.3. The van der Waals surface area contributed by atoms with Crippen molar-refractivity contribution in [2.45, 2.75) is 27.2 Å². The fourth-order valence-electron chi connectivity index (χ4n) is 1.39. The predicted molar refractivity (Wildman–Crippen MR) is 74.2 cm³/mol. The lowest BCUT2D eigenvalue weighted by atomic mass is 10.1. The van der Waals surface area contributed by atoms with E-state index in [0.717, 1.165) is 17.7 Å². The molecular formula is C14H18N2O3. The molecule has 0 saturated heterocycles. The van der Waals surface area contributed by atoms with E-state index < -0.39 is 0 Å². The van der Waals surface area contributed by atoms with Crippen LogP contribution in [-0.4, -0.2) is 24.0 Å². The van der Waals surface area contributed by atoms with Gasteiger partial charge < -0.3 is 10.2 Å². The maximum atomic E-state index is 11.6. The average Bonchev–Trinajstić information content (AvgIpc) is 2.39. The molecule has 1 amide bonds. The normalized spacial score (nSPS) is 11.0. The highest BCUT2D eigenvalue weighted by Crippen LogP contribution is 2.15. The highest BCUT2D eigenvalue weighted by molar-refractivity contribution is 6.37. The van der Waals surface area contributed by atoms with Gasteiger partial charge in [-0.15, -0.1) is 0 Å². The number of Topliss-reactive ketones (excluding diaryl/α,β-unsaturated/α-hetero) is 1. The lowest BCUT2D eigenvalue weighted by molar-refractivity contribution is -0.120. The molecule has 0 aliphatic carbocycles. The fourth-order valence-corrected chi connectivity index (χ4v) is 1.39. The van der Waals surface area contributed by atoms with Crippen LogP contribution in [0.1, 0.15) is 26.3 Å². The van der Waals surface area contributed by atoms with Crippen molar-refractivity contribution in [2.75, 3.05) is 11.9 Å². The van der Waals surface area contributed by atoms with Gasteiger partial charge in [-0.3, -0.25) is 9.59 Å². The van der Waals surface area contributed by atoms with Gasteiger partial charge in [0.2, 0.25) is 0 Å². The van der Waals surface area contributed by atoms with Crippen LogP contribution in [0.25, 0.3) is 0 Å². The van der Waals surface area contributed by atoms with Gasteiger partial charge in [0.05, 0.1) is 0 Å². The summed E-state index contributed by atoms with van der Waals surface area (Å²) in [6.45, 7) is 4.72. The third-order valence-corrected chi connectivity index (χ3v) is 2.58. The molecule has 0 atom stereocenters. The van der Waals surface area contributed by atoms with E-state index in [2.05, 4.69) is 10.5 Å². The molecule has 0 unspecified atom stereocenters. The van der Waals surface area contributed by atoms with Gasteiger partial charge in [0.25, 0.3) is 5.91 Å². The number of para-hydroxylation sites is 1. The first kappa shape index (κ1) is 14.9. The Kier molecular flexibility index (Phi) is 5.73. The van der Waals surface area contributed by atoms with E-state index in [1.807, 2.05) is 31.2 Å². The van der Waals surface area contributed by atoms with Crippen LogP contribution in [0.2, 0.25) is 0 Å². The number of amides is 1. The second-order valence-electron chi connectivity index (χ2n) is 4.07. The number of aryl methyl sites for hydroxylation is 1. The van der Waals surface area contributed by atoms with Crippen LogP contribution >= 0.6 is 0 Å². The van der Waals surface area contributed by atoms with E-state index in [0.29, 0.717) is 0 Å². The predicted octanol–water partition coefficient (Wildman–Crippen LogP) is 2.17. The molecule has 1 N–H and O–H groups in total. The van der Waals surface area contributed by atoms with Crippen molar-refractivity contribution in [1.82, 2.24) is 0 Å². The van der Waals surface area contributed by atoms with Gasteiger partial charge in [0.15, 0.2) is 12.4 Å². The van der Waals surface area contributed by atoms with Crippen LogP contribution in [-0.2, 0) is 20.8 Å². The average molecular weight is 262 g/mol. The molecule has 0 aliphatic heterocycles. The number of rotatable bonds is 6. The molecule has 0 saturated carbocycles. The molecule has 0 heterocycles. The number of hydrogen-bond donors (Lipinski definition) is 1. The monoisotopic (exact) mass is 262 g/mol. The van der Waals surface area contributed by atoms with Gasteiger partial charge in [0.1, 0.15) is 5.71 Å². The number of carbonyl (C=O) groups excluding carboxylic acids is 2. The number of benzene rings is 1. The molecule has 0 aromatic heterocycles. The van der Waals surface area contributed by atoms with E-state index in [9.17, 15) is 9.59 Å². The molecule has 0 aliphatic rings. The van der Waals surface area contributed by atoms with E-state index in [1.54, 1.807) is 0 Å². The van der Waals surface area contributed by atoms with Gasteiger partial charge in [-0.05, 0) is 25.0 Å². The summed E-state index contributed by atoms with van der Waals surface area (Å²) in [5.41, 5.74) is 2.06. The number of ketones is 1. The Labute approximate surface area is 112 Å². The highest BCUT2D eigenvalue weighted by Gasteiger charge is 2.06. The Bertz CT molecular complexity index is 495. The number of oxime groups is 1. The smallest absolute Gasteiger partial charge is 0.265 e. The minimum absolute atomic E-state index is 0.184. The minimum atomic E-state index is -0.305. The molecule has 1 aromatic carbocycles. The van der Waals surface area contributed by atoms with Crippen LogP contribution in [0.15, 0.2) is 29.4 Å². The summed E-state index contributed by atoms with van der Waals surface area (Å²) < 4.78 is 0. The lowest BCUT2D eigenvalue weighted by Gasteiger charge is -2.08. The van der Waals surface area contributed by atoms with E-state index in [4.69, 9.17) is 4.84 Å². The number of carbonyl (C=O) groups is 2. The van der Waals surface area contributed by atoms with Crippen LogP contribution in [0, 0.1) is 0 Å². The summed E-state index contributed by atoms with van der Waals surface area (Å²) in [5, 5.41) is 6.30. The highest BCUT2D eigenvalue weighted by atomic mass is 16.6. The molecule has 1 rings (SSSR count). The largest absolute Gasteiger partial charge is 0.385 e. The van der Waals surface area contributed by atoms with Crippen molar-refractivity contribution in [3.05, 3.63) is 29.8 Å². The standard InChI is InChI=1S/C14H18N2O3/c1-4-12-7-5-6-8-13(12)15-14(18)9-19-16-10(2)11(3)17/h5-8H,4,9H2,1-3H3,(H,15,18). The number of anilines is 1. The Balaban J connectivity index is 2.52. The quantitative estimate of drug-likeness (QED) is 0.631. The van der Waals surface area contributed by atoms with Crippen molar-refractivity contribution in [2.24, 2.45) is 5.16 Å². The van der Waals surface area contributed by atoms with Crippen LogP contribution in [0.5, 0.6) is 0 Å². The molecule has 0 bridgehead atoms. The Morgan fingerprint density at radius 3 is 2.58 bits per heavy atom. The summed E-state index contributed by atoms with van der Waals surface area (Å²) >= 11 is 0. The first-order chi connectivity index (χ1) is 9.04. The minimum Gasteiger partial charge on any atom is -0.385 e. The Hall–Kier alpha value is -2.17. The van der Waals surface area contributed by atoms with Gasteiger partial charge in [-0.1, -0.05) is 30.3 Å². The van der Waals surface area contributed by atoms with Gasteiger partial charge in [-0.2, -0.15) is 0 Å². The van der Waals surface area contributed by atoms with Crippen LogP contribution in [0.3, 0.4) is 0 Å². The van der Waals surface area contributed by atoms with Gasteiger partial charge in [0, 0.05) is 12.6 Å². The third kappa shape index (κ3) is 4.91. The summed E-state index contributed by atoms with van der Waals surface area (Å²) in [6.07, 6.45) is 0.832. The molecule has 5 heteroatoms. The van der Waals surface area contributed by atoms with Gasteiger partial charge >= 0.3 is 0 Å². The molecule has 5 nitrogen and oxygen atoms in total. The summed E-state index contributed by atoms with van der Waals surface area (Å²) in [7, 11) is 0. The molecule has 1 aromatic rings. The lowest BCUT2D eigenvalue weighted by Crippen LogP contribution is -2.18. The topological polar surface area (TPSA) is 67.8 Å². The molecule has 102 valence electrons. The van der Waals surface area contributed by atoms with E-state index in [-0.39, 0.29) is 24.0 Å². The molecule has 0 radical (unpaired) electrons. The van der Waals surface area contributed by atoms with Crippen molar-refractivity contribution < 1.29 is 14.4 Å². The molecule has 0 fully saturated rings. The Morgan fingerprint density at radius 1 is 1.26 bits per heavy atom. The van der Waals surface area contributed by atoms with Crippen molar-refractivity contribution in [3.63, 3.8) is 0 Å². The second kappa shape index (κ2) is 7.31. The summed E-state index contributed by atoms with van der Waals surface area (Å²) in [6, 6.07) is 7.56. The van der Waals surface area contributed by atoms with E-state index >= 15 is 0 Å². The van der Waals surface area contributed by atoms with Crippen LogP contribution in [0.4, 0.5) is 5.69 Å². The van der Waals surface area contributed by atoms with E-state index in [1.165, 1.54) is 13.8 Å². The first-order valence-electron chi connectivity index (χ1n) is 6.09. The molecule has 0 spiro atoms. The number of hydrogen-bond acceptors (Lipinski definition) is 4. The SMILES string of the molecule is CCc1ccccc1NC(=O)CON=C(C)C(C)=O. The first-order valence-corrected chi connectivity index (χ1v) is 6.09. The van der Waals surface area contributed by atoms with Crippen molar-refractivity contribution >= 4 is 23.1 Å². The summed E-state index contributed by atoms with van der Waals surface area (Å²) in [4.78, 5) is 27.3. The fraction of sp³-hybridized carbons (Fsp3) is 0.357. The Morgan fingerprint density at radius 2 is 1.95 bits per heavy atom. The zero-order valence-corrected chi connectivity index (χ0v) is 11.4. The van der Waals surface area contributed by atoms with Crippen molar-refractivity contribution in [3.8, 4) is 0 Å². The number of nitrogens with one attached hydrogen (secondary N) is 1. The summed E-state index contributed by atoms with van der Waals surface area (Å²) in [5.74, 6) is -0.488. The maximum absolute atomic E-state index is 11.6.